The number of ether oxygens (including phenoxy) is 1. The van der Waals surface area contributed by atoms with Crippen LogP contribution in [0.5, 0.6) is 5.75 Å². The zero-order valence-electron chi connectivity index (χ0n) is 10.0. The highest BCUT2D eigenvalue weighted by molar-refractivity contribution is 5.24. The summed E-state index contributed by atoms with van der Waals surface area (Å²) in [5, 5.41) is 0. The van der Waals surface area contributed by atoms with E-state index in [1.807, 2.05) is 30.3 Å². The first-order valence-electron chi connectivity index (χ1n) is 5.91. The molecule has 1 aromatic carbocycles. The molecule has 0 unspecified atom stereocenters. The van der Waals surface area contributed by atoms with E-state index in [1.165, 1.54) is 0 Å². The molecule has 2 heteroatoms. The van der Waals surface area contributed by atoms with Crippen molar-refractivity contribution >= 4 is 0 Å². The zero-order chi connectivity index (χ0) is 11.4. The SMILES string of the molecule is CC(C)N1CCC=C(Oc2ccccc2)C1. The standard InChI is InChI=1S/C14H19NO/c1-12(2)15-10-6-9-14(11-15)16-13-7-4-3-5-8-13/h3-5,7-9,12H,6,10-11H2,1-2H3. The van der Waals surface area contributed by atoms with E-state index < -0.39 is 0 Å². The zero-order valence-corrected chi connectivity index (χ0v) is 10.0. The molecule has 0 N–H and O–H groups in total. The maximum atomic E-state index is 5.86. The Balaban J connectivity index is 1.98. The Labute approximate surface area is 97.5 Å². The average molecular weight is 217 g/mol. The third-order valence-electron chi connectivity index (χ3n) is 2.87. The van der Waals surface area contributed by atoms with E-state index in [2.05, 4.69) is 24.8 Å². The molecule has 86 valence electrons. The first kappa shape index (κ1) is 11.2. The topological polar surface area (TPSA) is 12.5 Å². The molecule has 0 bridgehead atoms. The van der Waals surface area contributed by atoms with Crippen LogP contribution in [0, 0.1) is 0 Å². The molecule has 0 saturated carbocycles. The molecule has 0 amide bonds. The van der Waals surface area contributed by atoms with E-state index in [1.54, 1.807) is 0 Å². The highest BCUT2D eigenvalue weighted by Gasteiger charge is 2.16. The fourth-order valence-electron chi connectivity index (χ4n) is 1.89. The molecular formula is C14H19NO. The highest BCUT2D eigenvalue weighted by atomic mass is 16.5. The van der Waals surface area contributed by atoms with Crippen LogP contribution in [0.3, 0.4) is 0 Å². The van der Waals surface area contributed by atoms with E-state index in [9.17, 15) is 0 Å². The summed E-state index contributed by atoms with van der Waals surface area (Å²) in [6, 6.07) is 10.6. The summed E-state index contributed by atoms with van der Waals surface area (Å²) < 4.78 is 5.86. The Morgan fingerprint density at radius 3 is 2.62 bits per heavy atom. The van der Waals surface area contributed by atoms with Crippen LogP contribution in [0.4, 0.5) is 0 Å². The van der Waals surface area contributed by atoms with E-state index in [0.29, 0.717) is 6.04 Å². The first-order valence-corrected chi connectivity index (χ1v) is 5.91. The van der Waals surface area contributed by atoms with Gasteiger partial charge in [0, 0.05) is 12.6 Å². The Morgan fingerprint density at radius 2 is 1.94 bits per heavy atom. The molecule has 0 aromatic heterocycles. The van der Waals surface area contributed by atoms with E-state index in [0.717, 1.165) is 31.0 Å². The maximum absolute atomic E-state index is 5.86. The van der Waals surface area contributed by atoms with Gasteiger partial charge in [0.05, 0.1) is 6.54 Å². The Hall–Kier alpha value is -1.28. The Kier molecular flexibility index (Phi) is 3.62. The minimum atomic E-state index is 0.586. The van der Waals surface area contributed by atoms with Gasteiger partial charge < -0.3 is 4.74 Å². The summed E-state index contributed by atoms with van der Waals surface area (Å²) in [6.45, 7) is 6.52. The lowest BCUT2D eigenvalue weighted by molar-refractivity contribution is 0.201. The van der Waals surface area contributed by atoms with Crippen LogP contribution in [-0.4, -0.2) is 24.0 Å². The van der Waals surface area contributed by atoms with Gasteiger partial charge in [-0.2, -0.15) is 0 Å². The molecule has 0 saturated heterocycles. The van der Waals surface area contributed by atoms with E-state index >= 15 is 0 Å². The maximum Gasteiger partial charge on any atom is 0.126 e. The summed E-state index contributed by atoms with van der Waals surface area (Å²) in [4.78, 5) is 2.43. The fourth-order valence-corrected chi connectivity index (χ4v) is 1.89. The summed E-state index contributed by atoms with van der Waals surface area (Å²) in [7, 11) is 0. The van der Waals surface area contributed by atoms with Gasteiger partial charge in [-0.1, -0.05) is 18.2 Å². The molecule has 0 atom stereocenters. The van der Waals surface area contributed by atoms with Crippen molar-refractivity contribution in [3.8, 4) is 5.75 Å². The molecular weight excluding hydrogens is 198 g/mol. The van der Waals surface area contributed by atoms with Crippen LogP contribution in [0.2, 0.25) is 0 Å². The Morgan fingerprint density at radius 1 is 1.19 bits per heavy atom. The minimum Gasteiger partial charge on any atom is -0.461 e. The van der Waals surface area contributed by atoms with Crippen molar-refractivity contribution < 1.29 is 4.74 Å². The van der Waals surface area contributed by atoms with Gasteiger partial charge in [0.1, 0.15) is 11.5 Å². The molecule has 1 aromatic rings. The van der Waals surface area contributed by atoms with Crippen LogP contribution in [0.1, 0.15) is 20.3 Å². The van der Waals surface area contributed by atoms with Gasteiger partial charge in [0.25, 0.3) is 0 Å². The highest BCUT2D eigenvalue weighted by Crippen LogP contribution is 2.18. The number of benzene rings is 1. The first-order chi connectivity index (χ1) is 7.75. The molecule has 0 fully saturated rings. The number of para-hydroxylation sites is 1. The van der Waals surface area contributed by atoms with Crippen LogP contribution in [-0.2, 0) is 0 Å². The molecule has 0 spiro atoms. The van der Waals surface area contributed by atoms with Gasteiger partial charge in [-0.25, -0.2) is 0 Å². The number of hydrogen-bond acceptors (Lipinski definition) is 2. The number of rotatable bonds is 3. The van der Waals surface area contributed by atoms with Crippen LogP contribution in [0.25, 0.3) is 0 Å². The fraction of sp³-hybridized carbons (Fsp3) is 0.429. The van der Waals surface area contributed by atoms with Gasteiger partial charge in [-0.05, 0) is 38.5 Å². The van der Waals surface area contributed by atoms with Crippen LogP contribution in [0.15, 0.2) is 42.2 Å². The molecule has 1 aliphatic heterocycles. The normalized spacial score (nSPS) is 17.3. The summed E-state index contributed by atoms with van der Waals surface area (Å²) in [6.07, 6.45) is 3.28. The molecule has 0 aliphatic carbocycles. The monoisotopic (exact) mass is 217 g/mol. The largest absolute Gasteiger partial charge is 0.461 e. The molecule has 0 radical (unpaired) electrons. The van der Waals surface area contributed by atoms with Crippen molar-refractivity contribution in [3.63, 3.8) is 0 Å². The third-order valence-corrected chi connectivity index (χ3v) is 2.87. The van der Waals surface area contributed by atoms with Crippen molar-refractivity contribution in [1.82, 2.24) is 4.90 Å². The van der Waals surface area contributed by atoms with Crippen molar-refractivity contribution in [2.45, 2.75) is 26.3 Å². The van der Waals surface area contributed by atoms with Gasteiger partial charge in [0.2, 0.25) is 0 Å². The second-order valence-electron chi connectivity index (χ2n) is 4.44. The smallest absolute Gasteiger partial charge is 0.126 e. The Bertz CT molecular complexity index is 356. The summed E-state index contributed by atoms with van der Waals surface area (Å²) in [5.41, 5.74) is 0. The summed E-state index contributed by atoms with van der Waals surface area (Å²) >= 11 is 0. The molecule has 1 heterocycles. The summed E-state index contributed by atoms with van der Waals surface area (Å²) in [5.74, 6) is 2.01. The molecule has 16 heavy (non-hydrogen) atoms. The average Bonchev–Trinajstić information content (AvgIpc) is 2.30. The quantitative estimate of drug-likeness (QED) is 0.771. The van der Waals surface area contributed by atoms with Crippen molar-refractivity contribution in [1.29, 1.82) is 0 Å². The third kappa shape index (κ3) is 2.86. The second kappa shape index (κ2) is 5.17. The second-order valence-corrected chi connectivity index (χ2v) is 4.44. The van der Waals surface area contributed by atoms with Gasteiger partial charge >= 0.3 is 0 Å². The van der Waals surface area contributed by atoms with Gasteiger partial charge in [-0.15, -0.1) is 0 Å². The lowest BCUT2D eigenvalue weighted by atomic mass is 10.2. The van der Waals surface area contributed by atoms with E-state index in [-0.39, 0.29) is 0 Å². The van der Waals surface area contributed by atoms with Crippen molar-refractivity contribution in [2.75, 3.05) is 13.1 Å². The van der Waals surface area contributed by atoms with Gasteiger partial charge in [-0.3, -0.25) is 4.90 Å². The van der Waals surface area contributed by atoms with E-state index in [4.69, 9.17) is 4.74 Å². The van der Waals surface area contributed by atoms with Gasteiger partial charge in [0.15, 0.2) is 0 Å². The number of nitrogens with zero attached hydrogens (tertiary/aromatic N) is 1. The van der Waals surface area contributed by atoms with Crippen LogP contribution >= 0.6 is 0 Å². The lowest BCUT2D eigenvalue weighted by Crippen LogP contribution is -2.36. The predicted molar refractivity (Wildman–Crippen MR) is 66.5 cm³/mol. The molecule has 2 nitrogen and oxygen atoms in total. The van der Waals surface area contributed by atoms with Crippen molar-refractivity contribution in [3.05, 3.63) is 42.2 Å². The number of hydrogen-bond donors (Lipinski definition) is 0. The molecule has 2 rings (SSSR count). The molecule has 1 aliphatic rings. The lowest BCUT2D eigenvalue weighted by Gasteiger charge is -2.30. The predicted octanol–water partition coefficient (Wildman–Crippen LogP) is 3.06. The van der Waals surface area contributed by atoms with Crippen LogP contribution < -0.4 is 4.74 Å². The van der Waals surface area contributed by atoms with Crippen molar-refractivity contribution in [2.24, 2.45) is 0 Å². The minimum absolute atomic E-state index is 0.586.